The first-order chi connectivity index (χ1) is 10.4. The molecule has 102 valence electrons. The van der Waals surface area contributed by atoms with E-state index in [-0.39, 0.29) is 6.01 Å². The first-order valence-electron chi connectivity index (χ1n) is 6.94. The van der Waals surface area contributed by atoms with Crippen molar-refractivity contribution in [2.24, 2.45) is 5.16 Å². The summed E-state index contributed by atoms with van der Waals surface area (Å²) in [6.45, 7) is 0. The maximum absolute atomic E-state index is 5.32. The summed E-state index contributed by atoms with van der Waals surface area (Å²) < 4.78 is 0. The van der Waals surface area contributed by atoms with Gasteiger partial charge in [0, 0.05) is 18.0 Å². The van der Waals surface area contributed by atoms with Gasteiger partial charge in [-0.1, -0.05) is 41.6 Å². The third-order valence-corrected chi connectivity index (χ3v) is 3.74. The maximum atomic E-state index is 5.32. The van der Waals surface area contributed by atoms with Crippen LogP contribution in [0.2, 0.25) is 0 Å². The highest BCUT2D eigenvalue weighted by Gasteiger charge is 2.20. The van der Waals surface area contributed by atoms with E-state index in [0.29, 0.717) is 0 Å². The van der Waals surface area contributed by atoms with Crippen LogP contribution in [0.3, 0.4) is 0 Å². The van der Waals surface area contributed by atoms with E-state index in [1.165, 1.54) is 21.9 Å². The molecule has 0 fully saturated rings. The van der Waals surface area contributed by atoms with Crippen LogP contribution < -0.4 is 4.84 Å². The molecular formula is C17H13N3O. The number of hydrogen-bond donors (Lipinski definition) is 0. The van der Waals surface area contributed by atoms with E-state index in [1.54, 1.807) is 18.5 Å². The van der Waals surface area contributed by atoms with E-state index in [2.05, 4.69) is 51.5 Å². The summed E-state index contributed by atoms with van der Waals surface area (Å²) in [7, 11) is 0. The van der Waals surface area contributed by atoms with Crippen LogP contribution in [0, 0.1) is 0 Å². The van der Waals surface area contributed by atoms with Crippen LogP contribution in [0.25, 0.3) is 10.8 Å². The number of fused-ring (bicyclic) bond motifs is 3. The van der Waals surface area contributed by atoms with Crippen molar-refractivity contribution in [3.63, 3.8) is 0 Å². The zero-order chi connectivity index (χ0) is 14.1. The molecule has 21 heavy (non-hydrogen) atoms. The van der Waals surface area contributed by atoms with Crippen molar-refractivity contribution in [3.8, 4) is 6.01 Å². The van der Waals surface area contributed by atoms with Crippen molar-refractivity contribution in [2.45, 2.75) is 12.8 Å². The van der Waals surface area contributed by atoms with E-state index >= 15 is 0 Å². The molecule has 4 heteroatoms. The normalized spacial score (nSPS) is 15.3. The topological polar surface area (TPSA) is 47.4 Å². The van der Waals surface area contributed by atoms with Gasteiger partial charge in [-0.05, 0) is 35.2 Å². The van der Waals surface area contributed by atoms with Crippen molar-refractivity contribution in [1.82, 2.24) is 9.97 Å². The highest BCUT2D eigenvalue weighted by atomic mass is 16.6. The molecule has 4 rings (SSSR count). The zero-order valence-corrected chi connectivity index (χ0v) is 11.4. The number of rotatable bonds is 2. The molecule has 1 aliphatic carbocycles. The average Bonchev–Trinajstić information content (AvgIpc) is 2.97. The highest BCUT2D eigenvalue weighted by Crippen LogP contribution is 2.30. The molecule has 0 spiro atoms. The second-order valence-electron chi connectivity index (χ2n) is 4.97. The first kappa shape index (κ1) is 12.0. The van der Waals surface area contributed by atoms with Gasteiger partial charge in [-0.25, -0.2) is 9.97 Å². The van der Waals surface area contributed by atoms with Gasteiger partial charge in [0.2, 0.25) is 0 Å². The number of oxime groups is 1. The van der Waals surface area contributed by atoms with Gasteiger partial charge >= 0.3 is 6.01 Å². The lowest BCUT2D eigenvalue weighted by molar-refractivity contribution is 0.312. The van der Waals surface area contributed by atoms with Crippen molar-refractivity contribution in [3.05, 3.63) is 66.0 Å². The molecule has 3 aromatic rings. The van der Waals surface area contributed by atoms with Gasteiger partial charge in [0.05, 0.1) is 5.71 Å². The zero-order valence-electron chi connectivity index (χ0n) is 11.4. The third-order valence-electron chi connectivity index (χ3n) is 3.74. The molecular weight excluding hydrogens is 262 g/mol. The Bertz CT molecular complexity index is 828. The van der Waals surface area contributed by atoms with E-state index in [1.807, 2.05) is 0 Å². The first-order valence-corrected chi connectivity index (χ1v) is 6.94. The number of benzene rings is 2. The molecule has 1 aromatic heterocycles. The van der Waals surface area contributed by atoms with E-state index in [0.717, 1.165) is 18.6 Å². The summed E-state index contributed by atoms with van der Waals surface area (Å²) >= 11 is 0. The lowest BCUT2D eigenvalue weighted by atomic mass is 10.0. The Balaban J connectivity index is 1.72. The minimum Gasteiger partial charge on any atom is -0.315 e. The molecule has 0 amide bonds. The van der Waals surface area contributed by atoms with Crippen molar-refractivity contribution >= 4 is 16.5 Å². The van der Waals surface area contributed by atoms with Gasteiger partial charge in [-0.3, -0.25) is 0 Å². The second kappa shape index (κ2) is 4.98. The van der Waals surface area contributed by atoms with Crippen LogP contribution in [0.4, 0.5) is 0 Å². The minimum atomic E-state index is 0.277. The third kappa shape index (κ3) is 2.14. The number of hydrogen-bond acceptors (Lipinski definition) is 4. The maximum Gasteiger partial charge on any atom is 0.345 e. The summed E-state index contributed by atoms with van der Waals surface area (Å²) in [5.41, 5.74) is 3.48. The molecule has 1 heterocycles. The molecule has 0 radical (unpaired) electrons. The molecule has 0 N–H and O–H groups in total. The number of nitrogens with zero attached hydrogens (tertiary/aromatic N) is 3. The van der Waals surface area contributed by atoms with Gasteiger partial charge in [0.25, 0.3) is 0 Å². The molecule has 4 nitrogen and oxygen atoms in total. The smallest absolute Gasteiger partial charge is 0.315 e. The second-order valence-corrected chi connectivity index (χ2v) is 4.97. The van der Waals surface area contributed by atoms with Crippen LogP contribution >= 0.6 is 0 Å². The summed E-state index contributed by atoms with van der Waals surface area (Å²) in [5.74, 6) is 0. The van der Waals surface area contributed by atoms with Crippen molar-refractivity contribution < 1.29 is 4.84 Å². The predicted octanol–water partition coefficient (Wildman–Crippen LogP) is 3.36. The van der Waals surface area contributed by atoms with Gasteiger partial charge < -0.3 is 4.84 Å². The van der Waals surface area contributed by atoms with Crippen LogP contribution in [-0.2, 0) is 6.42 Å². The van der Waals surface area contributed by atoms with Gasteiger partial charge in [0.1, 0.15) is 0 Å². The molecule has 0 saturated carbocycles. The SMILES string of the molecule is c1cnc(ON=C2CCc3c2ccc2ccccc32)nc1. The minimum absolute atomic E-state index is 0.277. The Morgan fingerprint density at radius 1 is 0.905 bits per heavy atom. The fourth-order valence-electron chi connectivity index (χ4n) is 2.78. The Morgan fingerprint density at radius 3 is 2.67 bits per heavy atom. The van der Waals surface area contributed by atoms with Gasteiger partial charge in [-0.15, -0.1) is 0 Å². The molecule has 2 aromatic carbocycles. The van der Waals surface area contributed by atoms with Crippen LogP contribution in [0.15, 0.2) is 60.0 Å². The lowest BCUT2D eigenvalue weighted by Crippen LogP contribution is -1.99. The van der Waals surface area contributed by atoms with Gasteiger partial charge in [0.15, 0.2) is 0 Å². The monoisotopic (exact) mass is 275 g/mol. The standard InChI is InChI=1S/C17H13N3O/c1-2-5-13-12(4-1)6-7-15-14(13)8-9-16(15)20-21-17-18-10-3-11-19-17/h1-7,10-11H,8-9H2. The highest BCUT2D eigenvalue weighted by molar-refractivity contribution is 6.08. The van der Waals surface area contributed by atoms with E-state index < -0.39 is 0 Å². The predicted molar refractivity (Wildman–Crippen MR) is 81.5 cm³/mol. The molecule has 0 saturated heterocycles. The van der Waals surface area contributed by atoms with Crippen molar-refractivity contribution in [1.29, 1.82) is 0 Å². The Hall–Kier alpha value is -2.75. The Kier molecular flexibility index (Phi) is 2.85. The summed E-state index contributed by atoms with van der Waals surface area (Å²) in [6, 6.07) is 14.7. The van der Waals surface area contributed by atoms with Crippen molar-refractivity contribution in [2.75, 3.05) is 0 Å². The quantitative estimate of drug-likeness (QED) is 0.674. The van der Waals surface area contributed by atoms with Gasteiger partial charge in [-0.2, -0.15) is 0 Å². The van der Waals surface area contributed by atoms with E-state index in [9.17, 15) is 0 Å². The Labute approximate surface area is 122 Å². The van der Waals surface area contributed by atoms with Crippen LogP contribution in [0.1, 0.15) is 17.5 Å². The Morgan fingerprint density at radius 2 is 1.76 bits per heavy atom. The summed E-state index contributed by atoms with van der Waals surface area (Å²) in [4.78, 5) is 13.3. The molecule has 1 aliphatic rings. The van der Waals surface area contributed by atoms with Crippen LogP contribution in [-0.4, -0.2) is 15.7 Å². The summed E-state index contributed by atoms with van der Waals surface area (Å²) in [6.07, 6.45) is 5.15. The fraction of sp³-hybridized carbons (Fsp3) is 0.118. The fourth-order valence-corrected chi connectivity index (χ4v) is 2.78. The lowest BCUT2D eigenvalue weighted by Gasteiger charge is -2.04. The molecule has 0 unspecified atom stereocenters. The number of aryl methyl sites for hydroxylation is 1. The molecule has 0 atom stereocenters. The molecule has 0 aliphatic heterocycles. The van der Waals surface area contributed by atoms with Crippen LogP contribution in [0.5, 0.6) is 6.01 Å². The summed E-state index contributed by atoms with van der Waals surface area (Å²) in [5, 5.41) is 6.80. The average molecular weight is 275 g/mol. The number of aromatic nitrogens is 2. The molecule has 0 bridgehead atoms. The largest absolute Gasteiger partial charge is 0.345 e. The van der Waals surface area contributed by atoms with E-state index in [4.69, 9.17) is 4.84 Å².